The summed E-state index contributed by atoms with van der Waals surface area (Å²) in [4.78, 5) is 0.236. The molecule has 1 fully saturated rings. The van der Waals surface area contributed by atoms with Crippen LogP contribution >= 0.6 is 0 Å². The van der Waals surface area contributed by atoms with Crippen molar-refractivity contribution in [2.24, 2.45) is 5.92 Å². The lowest BCUT2D eigenvalue weighted by atomic mass is 9.92. The van der Waals surface area contributed by atoms with E-state index in [1.165, 1.54) is 3.97 Å². The van der Waals surface area contributed by atoms with Gasteiger partial charge in [0.05, 0.1) is 34.4 Å². The maximum absolute atomic E-state index is 13.6. The molecule has 4 atom stereocenters. The number of ether oxygens (including phenoxy) is 1. The second kappa shape index (κ2) is 9.58. The minimum atomic E-state index is -3.80. The van der Waals surface area contributed by atoms with Gasteiger partial charge in [0.1, 0.15) is 17.4 Å². The standard InChI is InChI=1S/C29H30N6O3S/c1-4-21-15-23(38-22-9-7-20(17-30)8-10-22)16-25(21)28-33-32-27-19(3)31-29-26(35(27)28)13-14-34(29)39(36,37)24-11-5-18(2)6-12-24/h5-14,19,21,23,25,31H,4,15-16H2,1-3H3/t19?,21-,23-,25+/m1/s1. The highest BCUT2D eigenvalue weighted by Crippen LogP contribution is 2.45. The summed E-state index contributed by atoms with van der Waals surface area (Å²) in [5.74, 6) is 3.30. The van der Waals surface area contributed by atoms with Crippen LogP contribution in [-0.4, -0.2) is 33.3 Å². The van der Waals surface area contributed by atoms with Crippen LogP contribution in [0.5, 0.6) is 5.75 Å². The summed E-state index contributed by atoms with van der Waals surface area (Å²) >= 11 is 0. The van der Waals surface area contributed by atoms with E-state index in [1.54, 1.807) is 42.6 Å². The minimum absolute atomic E-state index is 0.00552. The van der Waals surface area contributed by atoms with E-state index in [0.29, 0.717) is 17.3 Å². The molecule has 39 heavy (non-hydrogen) atoms. The number of nitrogens with zero attached hydrogens (tertiary/aromatic N) is 5. The van der Waals surface area contributed by atoms with E-state index >= 15 is 0 Å². The first-order chi connectivity index (χ1) is 18.8. The van der Waals surface area contributed by atoms with Crippen LogP contribution in [0.25, 0.3) is 5.69 Å². The Morgan fingerprint density at radius 3 is 2.46 bits per heavy atom. The molecule has 200 valence electrons. The van der Waals surface area contributed by atoms with E-state index in [-0.39, 0.29) is 23.0 Å². The molecule has 1 aliphatic heterocycles. The van der Waals surface area contributed by atoms with Gasteiger partial charge in [0.25, 0.3) is 10.0 Å². The van der Waals surface area contributed by atoms with Crippen molar-refractivity contribution >= 4 is 15.8 Å². The summed E-state index contributed by atoms with van der Waals surface area (Å²) in [7, 11) is -3.80. The Bertz CT molecular complexity index is 1670. The van der Waals surface area contributed by atoms with Gasteiger partial charge >= 0.3 is 0 Å². The summed E-state index contributed by atoms with van der Waals surface area (Å²) in [6, 6.07) is 17.8. The predicted octanol–water partition coefficient (Wildman–Crippen LogP) is 5.32. The number of nitrogens with one attached hydrogen (secondary N) is 1. The lowest BCUT2D eigenvalue weighted by molar-refractivity contribution is 0.203. The molecule has 1 unspecified atom stereocenters. The second-order valence-electron chi connectivity index (χ2n) is 10.4. The lowest BCUT2D eigenvalue weighted by Crippen LogP contribution is -2.25. The van der Waals surface area contributed by atoms with E-state index in [9.17, 15) is 8.42 Å². The van der Waals surface area contributed by atoms with Crippen molar-refractivity contribution in [2.75, 3.05) is 5.32 Å². The minimum Gasteiger partial charge on any atom is -0.490 e. The van der Waals surface area contributed by atoms with Crippen LogP contribution in [0.2, 0.25) is 0 Å². The number of anilines is 1. The number of fused-ring (bicyclic) bond motifs is 3. The molecule has 10 heteroatoms. The summed E-state index contributed by atoms with van der Waals surface area (Å²) < 4.78 is 36.8. The fourth-order valence-corrected chi connectivity index (χ4v) is 7.15. The molecule has 1 aliphatic carbocycles. The first-order valence-corrected chi connectivity index (χ1v) is 14.7. The van der Waals surface area contributed by atoms with Gasteiger partial charge in [0.2, 0.25) is 0 Å². The van der Waals surface area contributed by atoms with Gasteiger partial charge in [-0.2, -0.15) is 5.26 Å². The van der Waals surface area contributed by atoms with Crippen LogP contribution in [0, 0.1) is 24.2 Å². The van der Waals surface area contributed by atoms with Crippen LogP contribution in [0.3, 0.4) is 0 Å². The number of aromatic nitrogens is 4. The van der Waals surface area contributed by atoms with Crippen molar-refractivity contribution in [2.45, 2.75) is 63.0 Å². The van der Waals surface area contributed by atoms with Crippen molar-refractivity contribution < 1.29 is 13.2 Å². The third-order valence-corrected chi connectivity index (χ3v) is 9.59. The molecule has 2 aromatic carbocycles. The molecule has 1 N–H and O–H groups in total. The summed E-state index contributed by atoms with van der Waals surface area (Å²) in [5.41, 5.74) is 2.32. The molecule has 3 heterocycles. The van der Waals surface area contributed by atoms with Crippen molar-refractivity contribution in [3.63, 3.8) is 0 Å². The summed E-state index contributed by atoms with van der Waals surface area (Å²) in [6.45, 7) is 6.07. The number of rotatable bonds is 6. The van der Waals surface area contributed by atoms with E-state index in [2.05, 4.69) is 28.5 Å². The highest BCUT2D eigenvalue weighted by atomic mass is 32.2. The number of nitriles is 1. The molecule has 1 saturated carbocycles. The summed E-state index contributed by atoms with van der Waals surface area (Å²) in [5, 5.41) is 21.6. The summed E-state index contributed by atoms with van der Waals surface area (Å²) in [6.07, 6.45) is 4.22. The third-order valence-electron chi connectivity index (χ3n) is 7.90. The highest BCUT2D eigenvalue weighted by Gasteiger charge is 2.41. The van der Waals surface area contributed by atoms with E-state index in [1.807, 2.05) is 36.6 Å². The fourth-order valence-electron chi connectivity index (χ4n) is 5.83. The lowest BCUT2D eigenvalue weighted by Gasteiger charge is -2.27. The average Bonchev–Trinajstić information content (AvgIpc) is 3.66. The zero-order valence-electron chi connectivity index (χ0n) is 22.1. The molecule has 6 rings (SSSR count). The molecule has 2 aromatic heterocycles. The van der Waals surface area contributed by atoms with Crippen molar-refractivity contribution in [1.29, 1.82) is 5.26 Å². The molecule has 2 aliphatic rings. The molecular weight excluding hydrogens is 512 g/mol. The van der Waals surface area contributed by atoms with Gasteiger partial charge < -0.3 is 10.1 Å². The van der Waals surface area contributed by atoms with Crippen LogP contribution in [0.1, 0.15) is 67.8 Å². The first-order valence-electron chi connectivity index (χ1n) is 13.2. The van der Waals surface area contributed by atoms with Crippen LogP contribution in [-0.2, 0) is 10.0 Å². The zero-order chi connectivity index (χ0) is 27.3. The quantitative estimate of drug-likeness (QED) is 0.350. The van der Waals surface area contributed by atoms with Crippen LogP contribution < -0.4 is 10.1 Å². The topological polar surface area (TPSA) is 115 Å². The molecule has 0 spiro atoms. The highest BCUT2D eigenvalue weighted by molar-refractivity contribution is 7.90. The maximum atomic E-state index is 13.6. The van der Waals surface area contributed by atoms with Gasteiger partial charge in [-0.25, -0.2) is 12.4 Å². The molecule has 0 bridgehead atoms. The normalized spacial score (nSPS) is 22.0. The van der Waals surface area contributed by atoms with E-state index < -0.39 is 10.0 Å². The van der Waals surface area contributed by atoms with Crippen molar-refractivity contribution in [3.05, 3.63) is 83.6 Å². The fraction of sp³-hybridized carbons (Fsp3) is 0.345. The smallest absolute Gasteiger partial charge is 0.269 e. The van der Waals surface area contributed by atoms with E-state index in [0.717, 1.165) is 47.9 Å². The van der Waals surface area contributed by atoms with Gasteiger partial charge in [-0.3, -0.25) is 4.57 Å². The SMILES string of the molecule is CC[C@@H]1C[C@@H](Oc2ccc(C#N)cc2)C[C@@H]1c1nnc2n1-c1ccn(S(=O)(=O)c3ccc(C)cc3)c1NC2C. The first kappa shape index (κ1) is 25.2. The van der Waals surface area contributed by atoms with Gasteiger partial charge in [-0.05, 0) is 75.1 Å². The number of hydrogen-bond donors (Lipinski definition) is 1. The van der Waals surface area contributed by atoms with Gasteiger partial charge in [0, 0.05) is 12.1 Å². The largest absolute Gasteiger partial charge is 0.490 e. The van der Waals surface area contributed by atoms with Crippen LogP contribution in [0.15, 0.2) is 65.7 Å². The number of aryl methyl sites for hydroxylation is 1. The van der Waals surface area contributed by atoms with E-state index in [4.69, 9.17) is 10.00 Å². The predicted molar refractivity (Wildman–Crippen MR) is 146 cm³/mol. The second-order valence-corrected chi connectivity index (χ2v) is 12.2. The molecule has 0 radical (unpaired) electrons. The number of hydrogen-bond acceptors (Lipinski definition) is 7. The molecule has 0 amide bonds. The van der Waals surface area contributed by atoms with Crippen molar-refractivity contribution in [1.82, 2.24) is 18.7 Å². The molecular formula is C29H30N6O3S. The van der Waals surface area contributed by atoms with Crippen LogP contribution in [0.4, 0.5) is 5.82 Å². The van der Waals surface area contributed by atoms with Crippen molar-refractivity contribution in [3.8, 4) is 17.5 Å². The monoisotopic (exact) mass is 542 g/mol. The third kappa shape index (κ3) is 4.27. The van der Waals surface area contributed by atoms with Gasteiger partial charge in [-0.15, -0.1) is 10.2 Å². The Morgan fingerprint density at radius 1 is 1.05 bits per heavy atom. The van der Waals surface area contributed by atoms with Gasteiger partial charge in [0.15, 0.2) is 5.82 Å². The molecule has 9 nitrogen and oxygen atoms in total. The molecule has 4 aromatic rings. The average molecular weight is 543 g/mol. The Labute approximate surface area is 228 Å². The Balaban J connectivity index is 1.34. The maximum Gasteiger partial charge on any atom is 0.269 e. The Hall–Kier alpha value is -4.10. The van der Waals surface area contributed by atoms with Gasteiger partial charge in [-0.1, -0.05) is 31.0 Å². The Morgan fingerprint density at radius 2 is 1.77 bits per heavy atom. The Kier molecular flexibility index (Phi) is 6.19. The molecule has 0 saturated heterocycles. The zero-order valence-corrected chi connectivity index (χ0v) is 22.9. The number of benzene rings is 2.